The van der Waals surface area contributed by atoms with Gasteiger partial charge in [0.1, 0.15) is 11.2 Å². The lowest BCUT2D eigenvalue weighted by Crippen LogP contribution is -2.09. The SMILES string of the molecule is c1ccc(-c2ccc(N(c3ccccc3)c3ccc(-c4cccc(-c5cccc6c5oc5c(-c7ccccc7)cccc56)c4)cc3)cc2)cc1. The molecule has 2 nitrogen and oxygen atoms in total. The van der Waals surface area contributed by atoms with E-state index in [2.05, 4.69) is 199 Å². The number of hydrogen-bond donors (Lipinski definition) is 0. The van der Waals surface area contributed by atoms with Crippen LogP contribution in [0.4, 0.5) is 17.1 Å². The average Bonchev–Trinajstić information content (AvgIpc) is 3.59. The van der Waals surface area contributed by atoms with E-state index >= 15 is 0 Å². The summed E-state index contributed by atoms with van der Waals surface area (Å²) in [4.78, 5) is 2.31. The third kappa shape index (κ3) is 5.43. The van der Waals surface area contributed by atoms with E-state index in [1.54, 1.807) is 0 Å². The van der Waals surface area contributed by atoms with Crippen LogP contribution in [-0.2, 0) is 0 Å². The fourth-order valence-corrected chi connectivity index (χ4v) is 7.02. The van der Waals surface area contributed by atoms with Crippen LogP contribution in [0, 0.1) is 0 Å². The van der Waals surface area contributed by atoms with Gasteiger partial charge in [0.25, 0.3) is 0 Å². The third-order valence-electron chi connectivity index (χ3n) is 9.49. The fraction of sp³-hybridized carbons (Fsp3) is 0. The minimum atomic E-state index is 0.912. The molecule has 0 saturated carbocycles. The number of anilines is 3. The van der Waals surface area contributed by atoms with Crippen LogP contribution in [0.15, 0.2) is 205 Å². The van der Waals surface area contributed by atoms with Gasteiger partial charge < -0.3 is 9.32 Å². The molecule has 236 valence electrons. The molecule has 0 fully saturated rings. The molecule has 50 heavy (non-hydrogen) atoms. The van der Waals surface area contributed by atoms with Crippen LogP contribution in [0.3, 0.4) is 0 Å². The minimum Gasteiger partial charge on any atom is -0.455 e. The summed E-state index contributed by atoms with van der Waals surface area (Å²) < 4.78 is 6.72. The highest BCUT2D eigenvalue weighted by Crippen LogP contribution is 2.41. The van der Waals surface area contributed by atoms with Crippen molar-refractivity contribution < 1.29 is 4.42 Å². The van der Waals surface area contributed by atoms with E-state index in [0.29, 0.717) is 0 Å². The lowest BCUT2D eigenvalue weighted by Gasteiger charge is -2.26. The maximum absolute atomic E-state index is 6.72. The molecular weight excluding hydrogens is 607 g/mol. The first-order chi connectivity index (χ1) is 24.8. The Morgan fingerprint density at radius 2 is 0.680 bits per heavy atom. The first kappa shape index (κ1) is 29.5. The number of benzene rings is 8. The molecule has 0 spiro atoms. The molecule has 0 aliphatic carbocycles. The zero-order valence-electron chi connectivity index (χ0n) is 27.4. The Bertz CT molecular complexity index is 2550. The Morgan fingerprint density at radius 3 is 1.26 bits per heavy atom. The van der Waals surface area contributed by atoms with E-state index in [9.17, 15) is 0 Å². The quantitative estimate of drug-likeness (QED) is 0.173. The molecule has 0 atom stereocenters. The van der Waals surface area contributed by atoms with Gasteiger partial charge in [0, 0.05) is 39.0 Å². The van der Waals surface area contributed by atoms with E-state index in [1.165, 1.54) is 11.1 Å². The van der Waals surface area contributed by atoms with E-state index in [-0.39, 0.29) is 0 Å². The molecular formula is C48H33NO. The van der Waals surface area contributed by atoms with E-state index < -0.39 is 0 Å². The highest BCUT2D eigenvalue weighted by Gasteiger charge is 2.17. The number of para-hydroxylation sites is 3. The Hall–Kier alpha value is -6.64. The predicted molar refractivity (Wildman–Crippen MR) is 210 cm³/mol. The maximum Gasteiger partial charge on any atom is 0.143 e. The van der Waals surface area contributed by atoms with Gasteiger partial charge in [-0.3, -0.25) is 0 Å². The van der Waals surface area contributed by atoms with Gasteiger partial charge in [0.05, 0.1) is 0 Å². The van der Waals surface area contributed by atoms with Crippen LogP contribution in [0.2, 0.25) is 0 Å². The van der Waals surface area contributed by atoms with Crippen LogP contribution >= 0.6 is 0 Å². The maximum atomic E-state index is 6.72. The number of fused-ring (bicyclic) bond motifs is 3. The highest BCUT2D eigenvalue weighted by atomic mass is 16.3. The molecule has 0 radical (unpaired) electrons. The van der Waals surface area contributed by atoms with Gasteiger partial charge in [-0.2, -0.15) is 0 Å². The summed E-state index contributed by atoms with van der Waals surface area (Å²) in [6, 6.07) is 70.8. The fourth-order valence-electron chi connectivity index (χ4n) is 7.02. The number of rotatable bonds is 7. The first-order valence-electron chi connectivity index (χ1n) is 17.0. The topological polar surface area (TPSA) is 16.4 Å². The summed E-state index contributed by atoms with van der Waals surface area (Å²) in [6.45, 7) is 0. The molecule has 0 unspecified atom stereocenters. The van der Waals surface area contributed by atoms with Gasteiger partial charge in [0.15, 0.2) is 0 Å². The van der Waals surface area contributed by atoms with E-state index in [0.717, 1.165) is 72.4 Å². The smallest absolute Gasteiger partial charge is 0.143 e. The zero-order valence-corrected chi connectivity index (χ0v) is 27.4. The second kappa shape index (κ2) is 12.8. The van der Waals surface area contributed by atoms with Crippen molar-refractivity contribution in [2.45, 2.75) is 0 Å². The monoisotopic (exact) mass is 639 g/mol. The molecule has 0 aliphatic rings. The molecule has 0 bridgehead atoms. The lowest BCUT2D eigenvalue weighted by atomic mass is 9.97. The van der Waals surface area contributed by atoms with Gasteiger partial charge in [0.2, 0.25) is 0 Å². The molecule has 0 aliphatic heterocycles. The summed E-state index contributed by atoms with van der Waals surface area (Å²) >= 11 is 0. The Labute approximate surface area is 292 Å². The van der Waals surface area contributed by atoms with E-state index in [4.69, 9.17) is 4.42 Å². The normalized spacial score (nSPS) is 11.2. The Morgan fingerprint density at radius 1 is 0.280 bits per heavy atom. The van der Waals surface area contributed by atoms with Gasteiger partial charge in [-0.05, 0) is 75.8 Å². The molecule has 9 aromatic rings. The molecule has 0 N–H and O–H groups in total. The second-order valence-electron chi connectivity index (χ2n) is 12.5. The van der Waals surface area contributed by atoms with Crippen molar-refractivity contribution in [3.63, 3.8) is 0 Å². The Balaban J connectivity index is 1.07. The molecule has 1 heterocycles. The lowest BCUT2D eigenvalue weighted by molar-refractivity contribution is 0.671. The highest BCUT2D eigenvalue weighted by molar-refractivity contribution is 6.13. The zero-order chi connectivity index (χ0) is 33.3. The summed E-state index contributed by atoms with van der Waals surface area (Å²) in [6.07, 6.45) is 0. The number of nitrogens with zero attached hydrogens (tertiary/aromatic N) is 1. The molecule has 2 heteroatoms. The van der Waals surface area contributed by atoms with Crippen molar-refractivity contribution in [3.8, 4) is 44.5 Å². The largest absolute Gasteiger partial charge is 0.455 e. The standard InChI is InChI=1S/C48H33NO/c1-4-13-34(14-5-1)35-25-29-41(30-26-35)49(40-19-8-3-9-20-40)42-31-27-36(28-32-42)38-17-10-18-39(33-38)44-22-12-24-46-45-23-11-21-43(47(45)50-48(44)46)37-15-6-2-7-16-37/h1-33H. The van der Waals surface area contributed by atoms with Crippen molar-refractivity contribution in [2.75, 3.05) is 4.90 Å². The summed E-state index contributed by atoms with van der Waals surface area (Å²) in [5, 5.41) is 2.26. The summed E-state index contributed by atoms with van der Waals surface area (Å²) in [5.74, 6) is 0. The molecule has 0 saturated heterocycles. The summed E-state index contributed by atoms with van der Waals surface area (Å²) in [7, 11) is 0. The van der Waals surface area contributed by atoms with Gasteiger partial charge in [-0.25, -0.2) is 0 Å². The average molecular weight is 640 g/mol. The van der Waals surface area contributed by atoms with Crippen LogP contribution in [-0.4, -0.2) is 0 Å². The molecule has 9 rings (SSSR count). The van der Waals surface area contributed by atoms with Crippen molar-refractivity contribution in [1.29, 1.82) is 0 Å². The molecule has 1 aromatic heterocycles. The Kier molecular flexibility index (Phi) is 7.53. The van der Waals surface area contributed by atoms with Crippen LogP contribution < -0.4 is 4.90 Å². The van der Waals surface area contributed by atoms with Gasteiger partial charge in [-0.1, -0.05) is 158 Å². The first-order valence-corrected chi connectivity index (χ1v) is 17.0. The number of furan rings is 1. The van der Waals surface area contributed by atoms with Crippen LogP contribution in [0.1, 0.15) is 0 Å². The minimum absolute atomic E-state index is 0.912. The summed E-state index contributed by atoms with van der Waals surface area (Å²) in [5.41, 5.74) is 14.4. The predicted octanol–water partition coefficient (Wildman–Crippen LogP) is 13.7. The molecule has 0 amide bonds. The van der Waals surface area contributed by atoms with Gasteiger partial charge >= 0.3 is 0 Å². The van der Waals surface area contributed by atoms with Crippen LogP contribution in [0.5, 0.6) is 0 Å². The van der Waals surface area contributed by atoms with Crippen LogP contribution in [0.25, 0.3) is 66.4 Å². The second-order valence-corrected chi connectivity index (χ2v) is 12.5. The van der Waals surface area contributed by atoms with E-state index in [1.807, 2.05) is 6.07 Å². The third-order valence-corrected chi connectivity index (χ3v) is 9.49. The van der Waals surface area contributed by atoms with Crippen molar-refractivity contribution in [1.82, 2.24) is 0 Å². The van der Waals surface area contributed by atoms with Gasteiger partial charge in [-0.15, -0.1) is 0 Å². The molecule has 8 aromatic carbocycles. The van der Waals surface area contributed by atoms with Crippen molar-refractivity contribution >= 4 is 39.0 Å². The van der Waals surface area contributed by atoms with Crippen molar-refractivity contribution in [2.24, 2.45) is 0 Å². The number of hydrogen-bond acceptors (Lipinski definition) is 2. The van der Waals surface area contributed by atoms with Crippen molar-refractivity contribution in [3.05, 3.63) is 200 Å².